The molecule has 1 rings (SSSR count). The molecule has 0 saturated heterocycles. The number of hydrogen-bond donors (Lipinski definition) is 2. The van der Waals surface area contributed by atoms with Crippen molar-refractivity contribution < 1.29 is 4.79 Å². The molecule has 2 N–H and O–H groups in total. The molecule has 15 heavy (non-hydrogen) atoms. The van der Waals surface area contributed by atoms with Gasteiger partial charge in [-0.25, -0.2) is 0 Å². The molecule has 0 spiro atoms. The molecule has 1 fully saturated rings. The van der Waals surface area contributed by atoms with Crippen LogP contribution in [0.4, 0.5) is 0 Å². The van der Waals surface area contributed by atoms with Gasteiger partial charge in [0.15, 0.2) is 0 Å². The van der Waals surface area contributed by atoms with Crippen molar-refractivity contribution in [2.75, 3.05) is 19.6 Å². The van der Waals surface area contributed by atoms with E-state index in [0.29, 0.717) is 0 Å². The molecule has 3 nitrogen and oxygen atoms in total. The highest BCUT2D eigenvalue weighted by Gasteiger charge is 2.10. The second-order valence-corrected chi connectivity index (χ2v) is 4.54. The molecule has 0 atom stereocenters. The van der Waals surface area contributed by atoms with Crippen LogP contribution in [0.1, 0.15) is 45.4 Å². The van der Waals surface area contributed by atoms with E-state index < -0.39 is 0 Å². The quantitative estimate of drug-likeness (QED) is 0.538. The van der Waals surface area contributed by atoms with E-state index in [-0.39, 0.29) is 5.91 Å². The molecule has 88 valence electrons. The summed E-state index contributed by atoms with van der Waals surface area (Å²) in [4.78, 5) is 10.6. The number of hydrogen-bond acceptors (Lipinski definition) is 2. The molecule has 0 aliphatic heterocycles. The lowest BCUT2D eigenvalue weighted by Gasteiger charge is -2.14. The molecule has 0 unspecified atom stereocenters. The molecular weight excluding hydrogens is 188 g/mol. The van der Waals surface area contributed by atoms with Gasteiger partial charge >= 0.3 is 0 Å². The Morgan fingerprint density at radius 3 is 2.40 bits per heavy atom. The van der Waals surface area contributed by atoms with Crippen molar-refractivity contribution >= 4 is 5.91 Å². The van der Waals surface area contributed by atoms with Crippen molar-refractivity contribution in [1.29, 1.82) is 0 Å². The van der Waals surface area contributed by atoms with Gasteiger partial charge < -0.3 is 10.6 Å². The zero-order chi connectivity index (χ0) is 10.9. The summed E-state index contributed by atoms with van der Waals surface area (Å²) in [5.74, 6) is 0.927. The van der Waals surface area contributed by atoms with Gasteiger partial charge in [-0.1, -0.05) is 25.7 Å². The molecule has 1 aliphatic rings. The minimum absolute atomic E-state index is 0.0614. The Hall–Kier alpha value is -0.570. The van der Waals surface area contributed by atoms with E-state index in [1.807, 2.05) is 0 Å². The van der Waals surface area contributed by atoms with E-state index in [0.717, 1.165) is 25.6 Å². The standard InChI is InChI=1S/C12H24N2O/c1-11(15)14-9-8-13-10-12-6-4-2-3-5-7-12/h12-13H,2-10H2,1H3,(H,14,15). The lowest BCUT2D eigenvalue weighted by molar-refractivity contribution is -0.118. The van der Waals surface area contributed by atoms with Crippen LogP contribution in [0.15, 0.2) is 0 Å². The zero-order valence-electron chi connectivity index (χ0n) is 9.85. The minimum Gasteiger partial charge on any atom is -0.355 e. The summed E-state index contributed by atoms with van der Waals surface area (Å²) in [6, 6.07) is 0. The molecule has 1 aliphatic carbocycles. The molecule has 0 aromatic rings. The lowest BCUT2D eigenvalue weighted by atomic mass is 10.0. The van der Waals surface area contributed by atoms with Crippen LogP contribution in [-0.2, 0) is 4.79 Å². The van der Waals surface area contributed by atoms with E-state index in [1.165, 1.54) is 38.5 Å². The number of amides is 1. The van der Waals surface area contributed by atoms with Crippen LogP contribution in [0.25, 0.3) is 0 Å². The van der Waals surface area contributed by atoms with Crippen LogP contribution in [0.3, 0.4) is 0 Å². The predicted octanol–water partition coefficient (Wildman–Crippen LogP) is 1.68. The topological polar surface area (TPSA) is 41.1 Å². The van der Waals surface area contributed by atoms with Crippen molar-refractivity contribution in [3.8, 4) is 0 Å². The first-order chi connectivity index (χ1) is 7.29. The molecule has 0 radical (unpaired) electrons. The van der Waals surface area contributed by atoms with Gasteiger partial charge in [0.1, 0.15) is 0 Å². The van der Waals surface area contributed by atoms with Crippen LogP contribution in [0.2, 0.25) is 0 Å². The maximum absolute atomic E-state index is 10.6. The van der Waals surface area contributed by atoms with Gasteiger partial charge in [0.05, 0.1) is 0 Å². The van der Waals surface area contributed by atoms with Crippen LogP contribution in [0.5, 0.6) is 0 Å². The predicted molar refractivity (Wildman–Crippen MR) is 62.7 cm³/mol. The zero-order valence-corrected chi connectivity index (χ0v) is 9.85. The highest BCUT2D eigenvalue weighted by atomic mass is 16.1. The smallest absolute Gasteiger partial charge is 0.216 e. The minimum atomic E-state index is 0.0614. The molecular formula is C12H24N2O. The lowest BCUT2D eigenvalue weighted by Crippen LogP contribution is -2.32. The van der Waals surface area contributed by atoms with Crippen molar-refractivity contribution in [2.45, 2.75) is 45.4 Å². The third-order valence-corrected chi connectivity index (χ3v) is 3.08. The maximum Gasteiger partial charge on any atom is 0.216 e. The molecule has 0 aromatic carbocycles. The Morgan fingerprint density at radius 1 is 1.13 bits per heavy atom. The van der Waals surface area contributed by atoms with Gasteiger partial charge in [0.2, 0.25) is 5.91 Å². The van der Waals surface area contributed by atoms with E-state index in [9.17, 15) is 4.79 Å². The Balaban J connectivity index is 1.96. The van der Waals surface area contributed by atoms with Crippen molar-refractivity contribution in [3.63, 3.8) is 0 Å². The molecule has 1 amide bonds. The first kappa shape index (κ1) is 12.5. The van der Waals surface area contributed by atoms with Gasteiger partial charge in [-0.2, -0.15) is 0 Å². The van der Waals surface area contributed by atoms with Crippen molar-refractivity contribution in [1.82, 2.24) is 10.6 Å². The van der Waals surface area contributed by atoms with Gasteiger partial charge in [-0.3, -0.25) is 4.79 Å². The van der Waals surface area contributed by atoms with Crippen LogP contribution in [-0.4, -0.2) is 25.5 Å². The molecule has 3 heteroatoms. The van der Waals surface area contributed by atoms with E-state index in [4.69, 9.17) is 0 Å². The third kappa shape index (κ3) is 6.50. The molecule has 0 heterocycles. The summed E-state index contributed by atoms with van der Waals surface area (Å²) < 4.78 is 0. The van der Waals surface area contributed by atoms with E-state index in [2.05, 4.69) is 10.6 Å². The summed E-state index contributed by atoms with van der Waals surface area (Å²) in [5.41, 5.74) is 0. The molecule has 1 saturated carbocycles. The first-order valence-electron chi connectivity index (χ1n) is 6.24. The molecule has 0 aromatic heterocycles. The Bertz CT molecular complexity index is 174. The second kappa shape index (κ2) is 7.69. The van der Waals surface area contributed by atoms with E-state index >= 15 is 0 Å². The Morgan fingerprint density at radius 2 is 1.80 bits per heavy atom. The highest BCUT2D eigenvalue weighted by Crippen LogP contribution is 2.21. The monoisotopic (exact) mass is 212 g/mol. The number of rotatable bonds is 5. The van der Waals surface area contributed by atoms with Crippen LogP contribution in [0, 0.1) is 5.92 Å². The fraction of sp³-hybridized carbons (Fsp3) is 0.917. The summed E-state index contributed by atoms with van der Waals surface area (Å²) in [5, 5.41) is 6.22. The fourth-order valence-corrected chi connectivity index (χ4v) is 2.20. The summed E-state index contributed by atoms with van der Waals surface area (Å²) >= 11 is 0. The average molecular weight is 212 g/mol. The SMILES string of the molecule is CC(=O)NCCNCC1CCCCCC1. The highest BCUT2D eigenvalue weighted by molar-refractivity contribution is 5.72. The van der Waals surface area contributed by atoms with E-state index in [1.54, 1.807) is 6.92 Å². The number of nitrogens with one attached hydrogen (secondary N) is 2. The number of carbonyl (C=O) groups is 1. The van der Waals surface area contributed by atoms with Gasteiger partial charge in [-0.05, 0) is 25.3 Å². The van der Waals surface area contributed by atoms with Gasteiger partial charge in [0, 0.05) is 20.0 Å². The van der Waals surface area contributed by atoms with Crippen molar-refractivity contribution in [2.24, 2.45) is 5.92 Å². The fourth-order valence-electron chi connectivity index (χ4n) is 2.20. The van der Waals surface area contributed by atoms with Gasteiger partial charge in [-0.15, -0.1) is 0 Å². The third-order valence-electron chi connectivity index (χ3n) is 3.08. The maximum atomic E-state index is 10.6. The summed E-state index contributed by atoms with van der Waals surface area (Å²) in [7, 11) is 0. The Kier molecular flexibility index (Phi) is 6.41. The van der Waals surface area contributed by atoms with Crippen LogP contribution >= 0.6 is 0 Å². The number of carbonyl (C=O) groups excluding carboxylic acids is 1. The van der Waals surface area contributed by atoms with Gasteiger partial charge in [0.25, 0.3) is 0 Å². The normalized spacial score (nSPS) is 18.5. The summed E-state index contributed by atoms with van der Waals surface area (Å²) in [6.07, 6.45) is 8.40. The van der Waals surface area contributed by atoms with Crippen molar-refractivity contribution in [3.05, 3.63) is 0 Å². The summed E-state index contributed by atoms with van der Waals surface area (Å²) in [6.45, 7) is 4.34. The first-order valence-corrected chi connectivity index (χ1v) is 6.24. The average Bonchev–Trinajstić information content (AvgIpc) is 2.45. The molecule has 0 bridgehead atoms. The second-order valence-electron chi connectivity index (χ2n) is 4.54. The van der Waals surface area contributed by atoms with Crippen LogP contribution < -0.4 is 10.6 Å². The largest absolute Gasteiger partial charge is 0.355 e. The Labute approximate surface area is 93.0 Å².